The molecule has 7 N–H and O–H groups in total. The number of carbonyl (C=O) groups excluding carboxylic acids is 3. The lowest BCUT2D eigenvalue weighted by Crippen LogP contribution is -2.59. The van der Waals surface area contributed by atoms with Crippen molar-refractivity contribution in [2.24, 2.45) is 11.7 Å². The lowest BCUT2D eigenvalue weighted by atomic mass is 9.81. The third-order valence-corrected chi connectivity index (χ3v) is 8.22. The first-order chi connectivity index (χ1) is 18.9. The van der Waals surface area contributed by atoms with Gasteiger partial charge < -0.3 is 36.8 Å². The van der Waals surface area contributed by atoms with Crippen LogP contribution in [0.4, 0.5) is 4.79 Å². The van der Waals surface area contributed by atoms with Gasteiger partial charge in [-0.3, -0.25) is 9.59 Å². The summed E-state index contributed by atoms with van der Waals surface area (Å²) in [4.78, 5) is 41.3. The molecule has 2 fully saturated rings. The van der Waals surface area contributed by atoms with E-state index in [2.05, 4.69) is 16.0 Å². The van der Waals surface area contributed by atoms with E-state index in [1.54, 1.807) is 11.8 Å². The zero-order chi connectivity index (χ0) is 29.3. The number of amides is 4. The highest BCUT2D eigenvalue weighted by molar-refractivity contribution is 5.92. The van der Waals surface area contributed by atoms with Gasteiger partial charge in [0.05, 0.1) is 11.6 Å². The van der Waals surface area contributed by atoms with E-state index in [1.807, 2.05) is 30.3 Å². The average molecular weight is 560 g/mol. The molecule has 4 amide bonds. The van der Waals surface area contributed by atoms with E-state index in [-0.39, 0.29) is 18.5 Å². The number of nitrogens with two attached hydrogens (primary N) is 1. The highest BCUT2D eigenvalue weighted by atomic mass is 16.3. The number of aliphatic hydroxyl groups excluding tert-OH is 1. The zero-order valence-corrected chi connectivity index (χ0v) is 24.3. The van der Waals surface area contributed by atoms with Crippen molar-refractivity contribution >= 4 is 17.8 Å². The second-order valence-corrected chi connectivity index (χ2v) is 12.2. The summed E-state index contributed by atoms with van der Waals surface area (Å²) in [5.41, 5.74) is 5.45. The molecule has 2 aliphatic rings. The van der Waals surface area contributed by atoms with E-state index in [4.69, 9.17) is 5.73 Å². The number of piperidine rings is 1. The van der Waals surface area contributed by atoms with Crippen LogP contribution in [-0.2, 0) is 16.0 Å². The lowest BCUT2D eigenvalue weighted by Gasteiger charge is -2.36. The Balaban J connectivity index is 1.66. The minimum Gasteiger partial charge on any atom is -0.388 e. The van der Waals surface area contributed by atoms with Crippen LogP contribution in [-0.4, -0.2) is 81.9 Å². The van der Waals surface area contributed by atoms with Crippen molar-refractivity contribution in [1.29, 1.82) is 0 Å². The Hall–Kier alpha value is -2.69. The Morgan fingerprint density at radius 3 is 2.20 bits per heavy atom. The van der Waals surface area contributed by atoms with Crippen LogP contribution in [0.5, 0.6) is 0 Å². The normalized spacial score (nSPS) is 20.2. The number of urea groups is 1. The van der Waals surface area contributed by atoms with Crippen LogP contribution in [0.25, 0.3) is 0 Å². The molecule has 1 aromatic carbocycles. The maximum atomic E-state index is 13.4. The van der Waals surface area contributed by atoms with Crippen LogP contribution < -0.4 is 21.7 Å². The Labute approximate surface area is 238 Å². The standard InChI is InChI=1S/C30H49N5O5/c1-20(27(37)33-24(26(36)30(2,3)40)18-21-10-6-4-7-11-21)32-28(38)25(19-22-12-8-5-9-13-22)34-29(39)35-16-14-23(31)15-17-35/h5,8-9,12-13,20-21,23-26,36,40H,4,6-7,10-11,14-19,31H2,1-3H3,(H,32,38)(H,33,37)(H,34,39)/t20-,24-,25-,26-/m0/s1. The van der Waals surface area contributed by atoms with Crippen LogP contribution in [0.15, 0.2) is 30.3 Å². The fourth-order valence-electron chi connectivity index (χ4n) is 5.63. The number of likely N-dealkylation sites (tertiary alicyclic amines) is 1. The van der Waals surface area contributed by atoms with Gasteiger partial charge in [0.15, 0.2) is 0 Å². The summed E-state index contributed by atoms with van der Waals surface area (Å²) in [6.45, 7) is 5.68. The quantitative estimate of drug-likeness (QED) is 0.243. The minimum absolute atomic E-state index is 0.0729. The number of benzene rings is 1. The summed E-state index contributed by atoms with van der Waals surface area (Å²) in [5.74, 6) is -0.566. The summed E-state index contributed by atoms with van der Waals surface area (Å²) < 4.78 is 0. The molecular weight excluding hydrogens is 510 g/mol. The summed E-state index contributed by atoms with van der Waals surface area (Å²) in [5, 5.41) is 29.8. The molecule has 1 saturated carbocycles. The number of nitrogens with one attached hydrogen (secondary N) is 3. The fraction of sp³-hybridized carbons (Fsp3) is 0.700. The monoisotopic (exact) mass is 559 g/mol. The molecule has 1 heterocycles. The lowest BCUT2D eigenvalue weighted by molar-refractivity contribution is -0.132. The van der Waals surface area contributed by atoms with Crippen LogP contribution in [0, 0.1) is 5.92 Å². The van der Waals surface area contributed by atoms with Crippen molar-refractivity contribution in [2.45, 2.75) is 114 Å². The van der Waals surface area contributed by atoms with Gasteiger partial charge in [-0.1, -0.05) is 62.4 Å². The molecule has 1 aromatic rings. The molecular formula is C30H49N5O5. The number of aliphatic hydroxyl groups is 2. The maximum Gasteiger partial charge on any atom is 0.318 e. The number of nitrogens with zero attached hydrogens (tertiary/aromatic N) is 1. The van der Waals surface area contributed by atoms with Crippen molar-refractivity contribution in [1.82, 2.24) is 20.9 Å². The van der Waals surface area contributed by atoms with Gasteiger partial charge in [0.1, 0.15) is 18.2 Å². The third-order valence-electron chi connectivity index (χ3n) is 8.22. The summed E-state index contributed by atoms with van der Waals surface area (Å²) >= 11 is 0. The third kappa shape index (κ3) is 9.74. The summed E-state index contributed by atoms with van der Waals surface area (Å²) in [6.07, 6.45) is 6.57. The van der Waals surface area contributed by atoms with Crippen molar-refractivity contribution < 1.29 is 24.6 Å². The van der Waals surface area contributed by atoms with Gasteiger partial charge in [0, 0.05) is 25.6 Å². The molecule has 224 valence electrons. The molecule has 4 atom stereocenters. The van der Waals surface area contributed by atoms with E-state index >= 15 is 0 Å². The summed E-state index contributed by atoms with van der Waals surface area (Å²) in [7, 11) is 0. The van der Waals surface area contributed by atoms with Gasteiger partial charge in [0.2, 0.25) is 11.8 Å². The molecule has 10 nitrogen and oxygen atoms in total. The minimum atomic E-state index is -1.40. The van der Waals surface area contributed by atoms with Gasteiger partial charge in [0.25, 0.3) is 0 Å². The number of hydrogen-bond acceptors (Lipinski definition) is 6. The smallest absolute Gasteiger partial charge is 0.318 e. The van der Waals surface area contributed by atoms with Crippen LogP contribution in [0.2, 0.25) is 0 Å². The van der Waals surface area contributed by atoms with Gasteiger partial charge in [-0.15, -0.1) is 0 Å². The molecule has 10 heteroatoms. The number of rotatable bonds is 11. The highest BCUT2D eigenvalue weighted by Gasteiger charge is 2.36. The topological polar surface area (TPSA) is 157 Å². The predicted molar refractivity (Wildman–Crippen MR) is 154 cm³/mol. The Morgan fingerprint density at radius 1 is 0.975 bits per heavy atom. The Bertz CT molecular complexity index is 955. The number of hydrogen-bond donors (Lipinski definition) is 6. The number of carbonyl (C=O) groups is 3. The molecule has 0 unspecified atom stereocenters. The Kier molecular flexibility index (Phi) is 11.8. The van der Waals surface area contributed by atoms with E-state index in [0.29, 0.717) is 38.3 Å². The molecule has 1 aliphatic carbocycles. The molecule has 0 spiro atoms. The molecule has 1 saturated heterocycles. The first kappa shape index (κ1) is 31.8. The zero-order valence-electron chi connectivity index (χ0n) is 24.3. The van der Waals surface area contributed by atoms with Crippen molar-refractivity contribution in [3.05, 3.63) is 35.9 Å². The van der Waals surface area contributed by atoms with Crippen molar-refractivity contribution in [2.75, 3.05) is 13.1 Å². The Morgan fingerprint density at radius 2 is 1.60 bits per heavy atom. The van der Waals surface area contributed by atoms with Gasteiger partial charge in [-0.05, 0) is 51.5 Å². The first-order valence-electron chi connectivity index (χ1n) is 14.8. The van der Waals surface area contributed by atoms with Gasteiger partial charge in [-0.2, -0.15) is 0 Å². The van der Waals surface area contributed by atoms with Crippen molar-refractivity contribution in [3.8, 4) is 0 Å². The molecule has 0 radical (unpaired) electrons. The molecule has 40 heavy (non-hydrogen) atoms. The molecule has 1 aliphatic heterocycles. The van der Waals surface area contributed by atoms with Gasteiger partial charge in [-0.25, -0.2) is 4.79 Å². The predicted octanol–water partition coefficient (Wildman–Crippen LogP) is 1.82. The largest absolute Gasteiger partial charge is 0.388 e. The second-order valence-electron chi connectivity index (χ2n) is 12.2. The second kappa shape index (κ2) is 14.8. The van der Waals surface area contributed by atoms with Crippen LogP contribution >= 0.6 is 0 Å². The fourth-order valence-corrected chi connectivity index (χ4v) is 5.63. The van der Waals surface area contributed by atoms with Crippen LogP contribution in [0.1, 0.15) is 77.7 Å². The summed E-state index contributed by atoms with van der Waals surface area (Å²) in [6, 6.07) is 6.67. The van der Waals surface area contributed by atoms with E-state index in [9.17, 15) is 24.6 Å². The molecule has 0 bridgehead atoms. The molecule has 3 rings (SSSR count). The van der Waals surface area contributed by atoms with Crippen LogP contribution in [0.3, 0.4) is 0 Å². The SMILES string of the molecule is C[C@H](NC(=O)[C@H](Cc1ccccc1)NC(=O)N1CCC(N)CC1)C(=O)N[C@@H](CC1CCCCC1)[C@H](O)C(C)(C)O. The first-order valence-corrected chi connectivity index (χ1v) is 14.8. The van der Waals surface area contributed by atoms with Crippen molar-refractivity contribution in [3.63, 3.8) is 0 Å². The van der Waals surface area contributed by atoms with Gasteiger partial charge >= 0.3 is 6.03 Å². The van der Waals surface area contributed by atoms with E-state index in [0.717, 1.165) is 31.2 Å². The average Bonchev–Trinajstić information content (AvgIpc) is 2.92. The highest BCUT2D eigenvalue weighted by Crippen LogP contribution is 2.29. The maximum absolute atomic E-state index is 13.4. The van der Waals surface area contributed by atoms with E-state index in [1.165, 1.54) is 20.3 Å². The molecule has 0 aromatic heterocycles. The van der Waals surface area contributed by atoms with E-state index < -0.39 is 41.6 Å².